The van der Waals surface area contributed by atoms with E-state index in [2.05, 4.69) is 0 Å². The van der Waals surface area contributed by atoms with Gasteiger partial charge in [-0.25, -0.2) is 8.78 Å². The van der Waals surface area contributed by atoms with Gasteiger partial charge in [-0.1, -0.05) is 54.6 Å². The Kier molecular flexibility index (Phi) is 2.77. The molecule has 0 bridgehead atoms. The third-order valence-corrected chi connectivity index (χ3v) is 2.27. The average molecular weight is 204 g/mol. The van der Waals surface area contributed by atoms with Crippen LogP contribution in [0.15, 0.2) is 54.6 Å². The molecule has 15 heavy (non-hydrogen) atoms. The van der Waals surface area contributed by atoms with E-state index in [1.165, 1.54) is 12.1 Å². The fourth-order valence-corrected chi connectivity index (χ4v) is 1.45. The first kappa shape index (κ1) is 9.84. The average Bonchev–Trinajstić information content (AvgIpc) is 2.30. The van der Waals surface area contributed by atoms with Gasteiger partial charge in [0.1, 0.15) is 0 Å². The second-order valence-electron chi connectivity index (χ2n) is 3.29. The summed E-state index contributed by atoms with van der Waals surface area (Å²) in [4.78, 5) is 0. The highest BCUT2D eigenvalue weighted by molar-refractivity contribution is 5.63. The summed E-state index contributed by atoms with van der Waals surface area (Å²) >= 11 is 0. The number of alkyl halides is 2. The highest BCUT2D eigenvalue weighted by Gasteiger charge is 2.05. The maximum Gasteiger partial charge on any atom is 0.263 e. The molecule has 0 aromatic heterocycles. The third-order valence-electron chi connectivity index (χ3n) is 2.27. The smallest absolute Gasteiger partial charge is 0.205 e. The van der Waals surface area contributed by atoms with E-state index in [-0.39, 0.29) is 5.56 Å². The van der Waals surface area contributed by atoms with Crippen molar-refractivity contribution in [2.75, 3.05) is 0 Å². The summed E-state index contributed by atoms with van der Waals surface area (Å²) in [5, 5.41) is 0. The zero-order chi connectivity index (χ0) is 10.7. The van der Waals surface area contributed by atoms with Gasteiger partial charge in [-0.3, -0.25) is 0 Å². The minimum absolute atomic E-state index is 0.0645. The van der Waals surface area contributed by atoms with Crippen LogP contribution in [0.4, 0.5) is 8.78 Å². The molecule has 0 amide bonds. The van der Waals surface area contributed by atoms with Crippen LogP contribution in [0.2, 0.25) is 0 Å². The van der Waals surface area contributed by atoms with E-state index in [1.807, 2.05) is 30.3 Å². The Morgan fingerprint density at radius 1 is 0.667 bits per heavy atom. The Morgan fingerprint density at radius 3 is 1.73 bits per heavy atom. The Bertz CT molecular complexity index is 418. The summed E-state index contributed by atoms with van der Waals surface area (Å²) in [5.74, 6) is 0. The van der Waals surface area contributed by atoms with Gasteiger partial charge < -0.3 is 0 Å². The number of rotatable bonds is 2. The Labute approximate surface area is 87.2 Å². The molecule has 0 saturated heterocycles. The van der Waals surface area contributed by atoms with E-state index in [0.717, 1.165) is 11.1 Å². The fourth-order valence-electron chi connectivity index (χ4n) is 1.45. The molecule has 0 nitrogen and oxygen atoms in total. The first-order valence-corrected chi connectivity index (χ1v) is 4.71. The molecule has 0 N–H and O–H groups in total. The van der Waals surface area contributed by atoms with Crippen LogP contribution in [0.25, 0.3) is 11.1 Å². The van der Waals surface area contributed by atoms with E-state index >= 15 is 0 Å². The molecule has 0 aliphatic heterocycles. The molecule has 2 aromatic rings. The van der Waals surface area contributed by atoms with Crippen LogP contribution >= 0.6 is 0 Å². The molecule has 0 unspecified atom stereocenters. The van der Waals surface area contributed by atoms with Crippen LogP contribution in [0, 0.1) is 0 Å². The summed E-state index contributed by atoms with van der Waals surface area (Å²) in [7, 11) is 0. The zero-order valence-corrected chi connectivity index (χ0v) is 8.03. The van der Waals surface area contributed by atoms with Gasteiger partial charge in [-0.2, -0.15) is 0 Å². The van der Waals surface area contributed by atoms with Crippen LogP contribution in [0.5, 0.6) is 0 Å². The molecule has 0 fully saturated rings. The first-order chi connectivity index (χ1) is 7.27. The minimum Gasteiger partial charge on any atom is -0.205 e. The SMILES string of the molecule is FC(F)c1ccc(-c2ccccc2)cc1. The Morgan fingerprint density at radius 2 is 1.20 bits per heavy atom. The van der Waals surface area contributed by atoms with Crippen LogP contribution in [-0.4, -0.2) is 0 Å². The van der Waals surface area contributed by atoms with Crippen LogP contribution in [0.1, 0.15) is 12.0 Å². The van der Waals surface area contributed by atoms with Gasteiger partial charge in [0.25, 0.3) is 6.43 Å². The van der Waals surface area contributed by atoms with Crippen molar-refractivity contribution in [2.45, 2.75) is 6.43 Å². The molecular weight excluding hydrogens is 194 g/mol. The lowest BCUT2D eigenvalue weighted by Crippen LogP contribution is -1.83. The summed E-state index contributed by atoms with van der Waals surface area (Å²) in [6, 6.07) is 16.1. The van der Waals surface area contributed by atoms with Crippen LogP contribution < -0.4 is 0 Å². The van der Waals surface area contributed by atoms with Gasteiger partial charge in [-0.05, 0) is 11.1 Å². The third kappa shape index (κ3) is 2.21. The molecular formula is C13H10F2. The molecule has 0 spiro atoms. The zero-order valence-electron chi connectivity index (χ0n) is 8.03. The normalized spacial score (nSPS) is 10.6. The molecule has 2 aromatic carbocycles. The van der Waals surface area contributed by atoms with Gasteiger partial charge in [-0.15, -0.1) is 0 Å². The van der Waals surface area contributed by atoms with E-state index in [4.69, 9.17) is 0 Å². The van der Waals surface area contributed by atoms with Crippen molar-refractivity contribution in [3.8, 4) is 11.1 Å². The van der Waals surface area contributed by atoms with Crippen molar-refractivity contribution in [3.05, 3.63) is 60.2 Å². The van der Waals surface area contributed by atoms with E-state index in [9.17, 15) is 8.78 Å². The summed E-state index contributed by atoms with van der Waals surface area (Å²) in [6.45, 7) is 0. The summed E-state index contributed by atoms with van der Waals surface area (Å²) in [6.07, 6.45) is -2.39. The predicted molar refractivity (Wildman–Crippen MR) is 56.8 cm³/mol. The predicted octanol–water partition coefficient (Wildman–Crippen LogP) is 4.29. The van der Waals surface area contributed by atoms with Crippen molar-refractivity contribution in [2.24, 2.45) is 0 Å². The highest BCUT2D eigenvalue weighted by atomic mass is 19.3. The fraction of sp³-hybridized carbons (Fsp3) is 0.0769. The maximum absolute atomic E-state index is 12.3. The minimum atomic E-state index is -2.39. The maximum atomic E-state index is 12.3. The van der Waals surface area contributed by atoms with Gasteiger partial charge >= 0.3 is 0 Å². The first-order valence-electron chi connectivity index (χ1n) is 4.71. The standard InChI is InChI=1S/C13H10F2/c14-13(15)12-8-6-11(7-9-12)10-4-2-1-3-5-10/h1-9,13H. The number of benzene rings is 2. The largest absolute Gasteiger partial charge is 0.263 e. The molecule has 0 aliphatic carbocycles. The monoisotopic (exact) mass is 204 g/mol. The molecule has 2 rings (SSSR count). The van der Waals surface area contributed by atoms with Gasteiger partial charge in [0.05, 0.1) is 0 Å². The lowest BCUT2D eigenvalue weighted by Gasteiger charge is -2.03. The van der Waals surface area contributed by atoms with Crippen LogP contribution in [-0.2, 0) is 0 Å². The molecule has 2 heteroatoms. The number of hydrogen-bond acceptors (Lipinski definition) is 0. The summed E-state index contributed by atoms with van der Waals surface area (Å²) in [5.41, 5.74) is 2.06. The second kappa shape index (κ2) is 4.22. The topological polar surface area (TPSA) is 0 Å². The number of halogens is 2. The lowest BCUT2D eigenvalue weighted by molar-refractivity contribution is 0.151. The molecule has 0 radical (unpaired) electrons. The molecule has 76 valence electrons. The molecule has 0 aliphatic rings. The van der Waals surface area contributed by atoms with Crippen molar-refractivity contribution < 1.29 is 8.78 Å². The van der Waals surface area contributed by atoms with Gasteiger partial charge in [0.15, 0.2) is 0 Å². The molecule has 0 heterocycles. The Balaban J connectivity index is 2.32. The van der Waals surface area contributed by atoms with Crippen molar-refractivity contribution >= 4 is 0 Å². The van der Waals surface area contributed by atoms with E-state index < -0.39 is 6.43 Å². The van der Waals surface area contributed by atoms with Gasteiger partial charge in [0, 0.05) is 5.56 Å². The summed E-state index contributed by atoms with van der Waals surface area (Å²) < 4.78 is 24.6. The molecule has 0 saturated carbocycles. The van der Waals surface area contributed by atoms with Crippen molar-refractivity contribution in [1.82, 2.24) is 0 Å². The number of hydrogen-bond donors (Lipinski definition) is 0. The van der Waals surface area contributed by atoms with Crippen molar-refractivity contribution in [3.63, 3.8) is 0 Å². The quantitative estimate of drug-likeness (QED) is 0.684. The second-order valence-corrected chi connectivity index (χ2v) is 3.29. The van der Waals surface area contributed by atoms with Crippen molar-refractivity contribution in [1.29, 1.82) is 0 Å². The van der Waals surface area contributed by atoms with Crippen LogP contribution in [0.3, 0.4) is 0 Å². The van der Waals surface area contributed by atoms with Gasteiger partial charge in [0.2, 0.25) is 0 Å². The lowest BCUT2D eigenvalue weighted by atomic mass is 10.0. The highest BCUT2D eigenvalue weighted by Crippen LogP contribution is 2.23. The van der Waals surface area contributed by atoms with E-state index in [1.54, 1.807) is 12.1 Å². The van der Waals surface area contributed by atoms with E-state index in [0.29, 0.717) is 0 Å². The molecule has 0 atom stereocenters. The Hall–Kier alpha value is -1.70.